The zero-order valence-corrected chi connectivity index (χ0v) is 19.4. The SMILES string of the molecule is CCOc1ccc(N2C[C@H](C(=O)Oc3ccc(N4C(=O)[C@@H]5CC=CC[C@H]5C4=O)cc3)CC2=O)cc1. The van der Waals surface area contributed by atoms with E-state index in [-0.39, 0.29) is 42.5 Å². The number of imide groups is 1. The number of fused-ring (bicyclic) bond motifs is 1. The summed E-state index contributed by atoms with van der Waals surface area (Å²) in [5, 5.41) is 0. The van der Waals surface area contributed by atoms with Gasteiger partial charge in [0, 0.05) is 18.7 Å². The van der Waals surface area contributed by atoms with Crippen LogP contribution >= 0.6 is 0 Å². The molecule has 0 spiro atoms. The van der Waals surface area contributed by atoms with Gasteiger partial charge in [-0.1, -0.05) is 12.2 Å². The normalized spacial score (nSPS) is 23.6. The topological polar surface area (TPSA) is 93.2 Å². The van der Waals surface area contributed by atoms with Crippen LogP contribution in [-0.2, 0) is 19.2 Å². The molecule has 0 N–H and O–H groups in total. The Morgan fingerprint density at radius 2 is 1.43 bits per heavy atom. The lowest BCUT2D eigenvalue weighted by Crippen LogP contribution is -2.30. The van der Waals surface area contributed by atoms with Gasteiger partial charge in [0.1, 0.15) is 11.5 Å². The number of allylic oxidation sites excluding steroid dienone is 2. The van der Waals surface area contributed by atoms with Crippen molar-refractivity contribution in [2.45, 2.75) is 26.2 Å². The van der Waals surface area contributed by atoms with Gasteiger partial charge in [0.05, 0.1) is 30.0 Å². The first-order valence-electron chi connectivity index (χ1n) is 11.8. The van der Waals surface area contributed by atoms with Crippen LogP contribution in [0, 0.1) is 17.8 Å². The Hall–Kier alpha value is -3.94. The van der Waals surface area contributed by atoms with Gasteiger partial charge in [-0.25, -0.2) is 0 Å². The Kier molecular flexibility index (Phi) is 6.11. The molecule has 2 heterocycles. The Morgan fingerprint density at radius 1 is 0.857 bits per heavy atom. The van der Waals surface area contributed by atoms with Crippen LogP contribution in [0.3, 0.4) is 0 Å². The van der Waals surface area contributed by atoms with Gasteiger partial charge in [0.25, 0.3) is 0 Å². The summed E-state index contributed by atoms with van der Waals surface area (Å²) >= 11 is 0. The molecule has 180 valence electrons. The first kappa shape index (κ1) is 22.8. The standard InChI is InChI=1S/C27H26N2O6/c1-2-34-20-11-7-18(8-12-20)28-16-17(15-24(28)30)27(33)35-21-13-9-19(10-14-21)29-25(31)22-5-3-4-6-23(22)26(29)32/h3-4,7-14,17,22-23H,2,5-6,15-16H2,1H3/t17-,22-,23-/m1/s1. The molecule has 0 radical (unpaired) electrons. The first-order chi connectivity index (χ1) is 17.0. The summed E-state index contributed by atoms with van der Waals surface area (Å²) < 4.78 is 10.9. The third-order valence-electron chi connectivity index (χ3n) is 6.74. The highest BCUT2D eigenvalue weighted by Crippen LogP contribution is 2.38. The quantitative estimate of drug-likeness (QED) is 0.275. The summed E-state index contributed by atoms with van der Waals surface area (Å²) in [6.45, 7) is 2.69. The summed E-state index contributed by atoms with van der Waals surface area (Å²) in [6.07, 6.45) is 5.12. The number of anilines is 2. The van der Waals surface area contributed by atoms with Crippen LogP contribution in [0.2, 0.25) is 0 Å². The summed E-state index contributed by atoms with van der Waals surface area (Å²) in [6, 6.07) is 13.5. The van der Waals surface area contributed by atoms with Crippen LogP contribution in [-0.4, -0.2) is 36.8 Å². The molecule has 1 aliphatic carbocycles. The number of carbonyl (C=O) groups is 4. The van der Waals surface area contributed by atoms with E-state index in [1.54, 1.807) is 53.4 Å². The lowest BCUT2D eigenvalue weighted by atomic mass is 9.85. The van der Waals surface area contributed by atoms with Crippen molar-refractivity contribution in [3.05, 3.63) is 60.7 Å². The Morgan fingerprint density at radius 3 is 2.03 bits per heavy atom. The van der Waals surface area contributed by atoms with Gasteiger partial charge >= 0.3 is 5.97 Å². The van der Waals surface area contributed by atoms with E-state index in [1.165, 1.54) is 4.90 Å². The van der Waals surface area contributed by atoms with E-state index in [4.69, 9.17) is 9.47 Å². The van der Waals surface area contributed by atoms with Gasteiger partial charge < -0.3 is 14.4 Å². The molecule has 2 aromatic carbocycles. The predicted octanol–water partition coefficient (Wildman–Crippen LogP) is 3.50. The maximum atomic E-state index is 12.8. The molecular weight excluding hydrogens is 448 g/mol. The lowest BCUT2D eigenvalue weighted by Gasteiger charge is -2.17. The van der Waals surface area contributed by atoms with Crippen molar-refractivity contribution < 1.29 is 28.7 Å². The van der Waals surface area contributed by atoms with E-state index >= 15 is 0 Å². The third kappa shape index (κ3) is 4.32. The second-order valence-corrected chi connectivity index (χ2v) is 8.91. The average molecular weight is 475 g/mol. The monoisotopic (exact) mass is 474 g/mol. The second-order valence-electron chi connectivity index (χ2n) is 8.91. The van der Waals surface area contributed by atoms with Gasteiger partial charge in [0.2, 0.25) is 17.7 Å². The van der Waals surface area contributed by atoms with Crippen molar-refractivity contribution >= 4 is 35.1 Å². The minimum Gasteiger partial charge on any atom is -0.494 e. The summed E-state index contributed by atoms with van der Waals surface area (Å²) in [7, 11) is 0. The van der Waals surface area contributed by atoms with Crippen molar-refractivity contribution in [1.29, 1.82) is 0 Å². The largest absolute Gasteiger partial charge is 0.494 e. The maximum absolute atomic E-state index is 12.8. The van der Waals surface area contributed by atoms with E-state index < -0.39 is 11.9 Å². The van der Waals surface area contributed by atoms with Crippen LogP contribution < -0.4 is 19.3 Å². The Bertz CT molecular complexity index is 1160. The molecule has 0 aromatic heterocycles. The molecule has 3 amide bonds. The number of hydrogen-bond donors (Lipinski definition) is 0. The number of rotatable bonds is 6. The van der Waals surface area contributed by atoms with Crippen LogP contribution in [0.5, 0.6) is 11.5 Å². The van der Waals surface area contributed by atoms with E-state index in [0.717, 1.165) is 5.75 Å². The fraction of sp³-hybridized carbons (Fsp3) is 0.333. The molecule has 0 bridgehead atoms. The number of carbonyl (C=O) groups excluding carboxylic acids is 4. The van der Waals surface area contributed by atoms with E-state index in [0.29, 0.717) is 36.6 Å². The molecule has 35 heavy (non-hydrogen) atoms. The number of amides is 3. The molecule has 2 aromatic rings. The highest BCUT2D eigenvalue weighted by atomic mass is 16.5. The molecule has 8 heteroatoms. The molecule has 2 aliphatic heterocycles. The number of benzene rings is 2. The van der Waals surface area contributed by atoms with Gasteiger partial charge in [-0.05, 0) is 68.3 Å². The number of esters is 1. The Labute approximate surface area is 203 Å². The predicted molar refractivity (Wildman–Crippen MR) is 128 cm³/mol. The van der Waals surface area contributed by atoms with Gasteiger partial charge in [0.15, 0.2) is 0 Å². The second kappa shape index (κ2) is 9.37. The smallest absolute Gasteiger partial charge is 0.316 e. The van der Waals surface area contributed by atoms with Crippen LogP contribution in [0.4, 0.5) is 11.4 Å². The molecular formula is C27H26N2O6. The minimum atomic E-state index is -0.592. The zero-order valence-electron chi connectivity index (χ0n) is 19.4. The van der Waals surface area contributed by atoms with Crippen molar-refractivity contribution in [3.8, 4) is 11.5 Å². The molecule has 0 unspecified atom stereocenters. The fourth-order valence-electron chi connectivity index (χ4n) is 4.92. The van der Waals surface area contributed by atoms with E-state index in [9.17, 15) is 19.2 Å². The van der Waals surface area contributed by atoms with Crippen LogP contribution in [0.25, 0.3) is 0 Å². The zero-order chi connectivity index (χ0) is 24.5. The molecule has 3 atom stereocenters. The molecule has 0 saturated carbocycles. The lowest BCUT2D eigenvalue weighted by molar-refractivity contribution is -0.139. The highest BCUT2D eigenvalue weighted by Gasteiger charge is 2.47. The summed E-state index contributed by atoms with van der Waals surface area (Å²) in [5.74, 6) is -1.20. The summed E-state index contributed by atoms with van der Waals surface area (Å²) in [5.41, 5.74) is 1.17. The number of nitrogens with zero attached hydrogens (tertiary/aromatic N) is 2. The van der Waals surface area contributed by atoms with Gasteiger partial charge in [-0.15, -0.1) is 0 Å². The van der Waals surface area contributed by atoms with Crippen LogP contribution in [0.15, 0.2) is 60.7 Å². The molecule has 8 nitrogen and oxygen atoms in total. The molecule has 5 rings (SSSR count). The van der Waals surface area contributed by atoms with Crippen molar-refractivity contribution in [3.63, 3.8) is 0 Å². The van der Waals surface area contributed by atoms with Crippen molar-refractivity contribution in [1.82, 2.24) is 0 Å². The van der Waals surface area contributed by atoms with E-state index in [1.807, 2.05) is 19.1 Å². The number of hydrogen-bond acceptors (Lipinski definition) is 6. The maximum Gasteiger partial charge on any atom is 0.316 e. The summed E-state index contributed by atoms with van der Waals surface area (Å²) in [4.78, 5) is 53.6. The Balaban J connectivity index is 1.22. The first-order valence-corrected chi connectivity index (χ1v) is 11.8. The third-order valence-corrected chi connectivity index (χ3v) is 6.74. The van der Waals surface area contributed by atoms with Crippen molar-refractivity contribution in [2.24, 2.45) is 17.8 Å². The average Bonchev–Trinajstić information content (AvgIpc) is 3.38. The molecule has 2 fully saturated rings. The minimum absolute atomic E-state index is 0.0672. The van der Waals surface area contributed by atoms with E-state index in [2.05, 4.69) is 0 Å². The molecule has 3 aliphatic rings. The van der Waals surface area contributed by atoms with Crippen LogP contribution in [0.1, 0.15) is 26.2 Å². The highest BCUT2D eigenvalue weighted by molar-refractivity contribution is 6.22. The fourth-order valence-corrected chi connectivity index (χ4v) is 4.92. The van der Waals surface area contributed by atoms with Crippen molar-refractivity contribution in [2.75, 3.05) is 23.0 Å². The molecule has 2 saturated heterocycles. The van der Waals surface area contributed by atoms with Gasteiger partial charge in [-0.2, -0.15) is 0 Å². The number of ether oxygens (including phenoxy) is 2. The van der Waals surface area contributed by atoms with Gasteiger partial charge in [-0.3, -0.25) is 24.1 Å².